The Hall–Kier alpha value is -8.14. The number of anilines is 6. The number of benzene rings is 11. The van der Waals surface area contributed by atoms with E-state index in [0.29, 0.717) is 17.8 Å². The topological polar surface area (TPSA) is 6.48 Å². The van der Waals surface area contributed by atoms with E-state index in [1.807, 2.05) is 0 Å². The molecule has 0 spiro atoms. The number of hydrogen-bond acceptors (Lipinski definition) is 2. The van der Waals surface area contributed by atoms with Crippen molar-refractivity contribution in [3.8, 4) is 11.1 Å². The van der Waals surface area contributed by atoms with Gasteiger partial charge in [0.2, 0.25) is 0 Å². The van der Waals surface area contributed by atoms with Crippen LogP contribution in [0.1, 0.15) is 73.6 Å². The van der Waals surface area contributed by atoms with Gasteiger partial charge in [0, 0.05) is 46.0 Å². The summed E-state index contributed by atoms with van der Waals surface area (Å²) in [5.41, 5.74) is 19.5. The summed E-state index contributed by atoms with van der Waals surface area (Å²) in [6.45, 7) is 9.21. The lowest BCUT2D eigenvalue weighted by atomic mass is 9.33. The molecule has 3 heteroatoms. The minimum atomic E-state index is -0.0107. The maximum Gasteiger partial charge on any atom is 0.252 e. The molecule has 2 atom stereocenters. The van der Waals surface area contributed by atoms with E-state index < -0.39 is 0 Å². The predicted octanol–water partition coefficient (Wildman–Crippen LogP) is 16.8. The Morgan fingerprint density at radius 3 is 1.45 bits per heavy atom. The smallest absolute Gasteiger partial charge is 0.252 e. The van der Waals surface area contributed by atoms with Crippen LogP contribution in [0.5, 0.6) is 0 Å². The standard InChI is InChI=1S/C68H51BN2/c1-40(2)42-24-26-44-36-66-62(34-46(44)32-42)69-63-35-47-33-43(41(3)4)25-27-45(47)37-67(63)71(49-29-31-59-55-19-8-6-15-51(55)53-17-10-12-21-57(53)61(59)39-49)65-23-13-22-64(68(65)69)70(66)48-28-30-58-54-18-7-5-14-50(54)52-16-9-11-20-56(52)60(58)38-48/h5-41,52,56H,1-4H3. The SMILES string of the molecule is CC(C)c1ccc2cc3c(cc2c1)B1c2cc4cc(C(C)C)ccc4cc2N(c2ccc4c5ccccc5c5ccccc5c4c2)c2cccc(c21)N3c1ccc2c(c1)C1C=CC=CC1c1ccccc1-2. The van der Waals surface area contributed by atoms with Crippen LogP contribution < -0.4 is 26.2 Å². The summed E-state index contributed by atoms with van der Waals surface area (Å²) >= 11 is 0. The van der Waals surface area contributed by atoms with Gasteiger partial charge < -0.3 is 9.80 Å². The van der Waals surface area contributed by atoms with Crippen LogP contribution in [-0.4, -0.2) is 6.71 Å². The van der Waals surface area contributed by atoms with Gasteiger partial charge in [-0.15, -0.1) is 0 Å². The molecule has 11 aromatic carbocycles. The van der Waals surface area contributed by atoms with E-state index in [9.17, 15) is 0 Å². The molecule has 2 nitrogen and oxygen atoms in total. The molecule has 11 aromatic rings. The van der Waals surface area contributed by atoms with Gasteiger partial charge in [0.1, 0.15) is 0 Å². The average molecular weight is 907 g/mol. The molecule has 4 aliphatic rings. The minimum absolute atomic E-state index is 0.0107. The Morgan fingerprint density at radius 1 is 0.366 bits per heavy atom. The quantitative estimate of drug-likeness (QED) is 0.128. The molecule has 2 aliphatic carbocycles. The van der Waals surface area contributed by atoms with E-state index in [0.717, 1.165) is 5.69 Å². The highest BCUT2D eigenvalue weighted by atomic mass is 15.2. The molecule has 2 unspecified atom stereocenters. The lowest BCUT2D eigenvalue weighted by Crippen LogP contribution is -2.61. The van der Waals surface area contributed by atoms with Gasteiger partial charge in [-0.05, 0) is 164 Å². The minimum Gasteiger partial charge on any atom is -0.311 e. The van der Waals surface area contributed by atoms with Crippen LogP contribution in [0.4, 0.5) is 34.1 Å². The fourth-order valence-electron chi connectivity index (χ4n) is 13.2. The molecule has 0 bridgehead atoms. The van der Waals surface area contributed by atoms with Gasteiger partial charge in [0.25, 0.3) is 6.71 Å². The molecule has 0 fully saturated rings. The van der Waals surface area contributed by atoms with Crippen molar-refractivity contribution in [1.82, 2.24) is 0 Å². The summed E-state index contributed by atoms with van der Waals surface area (Å²) in [6.07, 6.45) is 9.31. The third-order valence-electron chi connectivity index (χ3n) is 16.7. The number of fused-ring (bicyclic) bond motifs is 18. The Balaban J connectivity index is 1.03. The van der Waals surface area contributed by atoms with Crippen molar-refractivity contribution in [3.05, 3.63) is 235 Å². The van der Waals surface area contributed by atoms with Crippen molar-refractivity contribution in [1.29, 1.82) is 0 Å². The molecule has 15 rings (SSSR count). The zero-order chi connectivity index (χ0) is 47.2. The summed E-state index contributed by atoms with van der Waals surface area (Å²) in [5, 5.41) is 12.8. The van der Waals surface area contributed by atoms with Gasteiger partial charge in [0.05, 0.1) is 0 Å². The summed E-state index contributed by atoms with van der Waals surface area (Å²) in [6, 6.07) is 72.9. The molecule has 0 radical (unpaired) electrons. The molecular formula is C68H51BN2. The van der Waals surface area contributed by atoms with Gasteiger partial charge in [-0.2, -0.15) is 0 Å². The molecule has 71 heavy (non-hydrogen) atoms. The molecule has 0 saturated carbocycles. The first-order valence-corrected chi connectivity index (χ1v) is 25.7. The fraction of sp³-hybridized carbons (Fsp3) is 0.118. The van der Waals surface area contributed by atoms with Crippen molar-refractivity contribution in [2.45, 2.75) is 51.4 Å². The molecule has 2 aliphatic heterocycles. The van der Waals surface area contributed by atoms with Gasteiger partial charge in [0.15, 0.2) is 0 Å². The van der Waals surface area contributed by atoms with Crippen molar-refractivity contribution in [3.63, 3.8) is 0 Å². The molecule has 0 saturated heterocycles. The summed E-state index contributed by atoms with van der Waals surface area (Å²) in [4.78, 5) is 5.21. The molecule has 2 heterocycles. The van der Waals surface area contributed by atoms with E-state index in [2.05, 4.69) is 250 Å². The highest BCUT2D eigenvalue weighted by molar-refractivity contribution is 7.00. The van der Waals surface area contributed by atoms with Gasteiger partial charge in [-0.1, -0.05) is 192 Å². The fourth-order valence-corrected chi connectivity index (χ4v) is 13.2. The van der Waals surface area contributed by atoms with E-state index in [-0.39, 0.29) is 12.6 Å². The lowest BCUT2D eigenvalue weighted by molar-refractivity contribution is 0.720. The van der Waals surface area contributed by atoms with Gasteiger partial charge in [-0.25, -0.2) is 0 Å². The summed E-state index contributed by atoms with van der Waals surface area (Å²) < 4.78 is 0. The predicted molar refractivity (Wildman–Crippen MR) is 305 cm³/mol. The number of nitrogens with zero attached hydrogens (tertiary/aromatic N) is 2. The third-order valence-corrected chi connectivity index (χ3v) is 16.7. The van der Waals surface area contributed by atoms with Crippen LogP contribution in [0, 0.1) is 0 Å². The highest BCUT2D eigenvalue weighted by Crippen LogP contribution is 2.52. The second-order valence-electron chi connectivity index (χ2n) is 21.2. The van der Waals surface area contributed by atoms with Crippen LogP contribution in [0.3, 0.4) is 0 Å². The first-order valence-electron chi connectivity index (χ1n) is 25.7. The van der Waals surface area contributed by atoms with Crippen molar-refractivity contribution < 1.29 is 0 Å². The molecule has 336 valence electrons. The molecular weight excluding hydrogens is 856 g/mol. The highest BCUT2D eigenvalue weighted by Gasteiger charge is 2.44. The van der Waals surface area contributed by atoms with E-state index in [1.165, 1.54) is 132 Å². The van der Waals surface area contributed by atoms with Gasteiger partial charge >= 0.3 is 0 Å². The monoisotopic (exact) mass is 906 g/mol. The number of rotatable bonds is 4. The molecule has 0 N–H and O–H groups in total. The Bertz CT molecular complexity index is 4140. The summed E-state index contributed by atoms with van der Waals surface area (Å²) in [5.74, 6) is 1.41. The first kappa shape index (κ1) is 40.7. The van der Waals surface area contributed by atoms with Crippen LogP contribution in [0.2, 0.25) is 0 Å². The first-order chi connectivity index (χ1) is 34.9. The van der Waals surface area contributed by atoms with Gasteiger partial charge in [-0.3, -0.25) is 0 Å². The summed E-state index contributed by atoms with van der Waals surface area (Å²) in [7, 11) is 0. The normalized spacial score (nSPS) is 16.2. The molecule has 0 aromatic heterocycles. The Kier molecular flexibility index (Phi) is 8.71. The van der Waals surface area contributed by atoms with Crippen molar-refractivity contribution in [2.24, 2.45) is 0 Å². The maximum atomic E-state index is 2.61. The largest absolute Gasteiger partial charge is 0.311 e. The lowest BCUT2D eigenvalue weighted by Gasteiger charge is -2.44. The second-order valence-corrected chi connectivity index (χ2v) is 21.2. The maximum absolute atomic E-state index is 2.61. The average Bonchev–Trinajstić information content (AvgIpc) is 3.42. The third kappa shape index (κ3) is 5.90. The van der Waals surface area contributed by atoms with Crippen LogP contribution in [-0.2, 0) is 0 Å². The zero-order valence-electron chi connectivity index (χ0n) is 40.5. The Labute approximate surface area is 415 Å². The van der Waals surface area contributed by atoms with Crippen LogP contribution in [0.25, 0.3) is 65.0 Å². The number of hydrogen-bond donors (Lipinski definition) is 0. The van der Waals surface area contributed by atoms with Crippen molar-refractivity contribution >= 4 is 111 Å². The zero-order valence-corrected chi connectivity index (χ0v) is 40.5. The van der Waals surface area contributed by atoms with E-state index in [1.54, 1.807) is 0 Å². The Morgan fingerprint density at radius 2 is 0.859 bits per heavy atom. The second kappa shape index (κ2) is 15.2. The molecule has 0 amide bonds. The van der Waals surface area contributed by atoms with Crippen molar-refractivity contribution in [2.75, 3.05) is 9.80 Å². The van der Waals surface area contributed by atoms with E-state index in [4.69, 9.17) is 0 Å². The van der Waals surface area contributed by atoms with Crippen LogP contribution >= 0.6 is 0 Å². The van der Waals surface area contributed by atoms with E-state index >= 15 is 0 Å². The number of allylic oxidation sites excluding steroid dienone is 4. The van der Waals surface area contributed by atoms with Crippen LogP contribution in [0.15, 0.2) is 212 Å².